The molecular weight excluding hydrogens is 283 g/mol. The van der Waals surface area contributed by atoms with E-state index in [9.17, 15) is 9.50 Å². The second-order valence-electron chi connectivity index (χ2n) is 6.35. The van der Waals surface area contributed by atoms with E-state index in [1.807, 2.05) is 7.05 Å². The Balaban J connectivity index is 1.66. The highest BCUT2D eigenvalue weighted by molar-refractivity contribution is 5.31. The normalized spacial score (nSPS) is 21.8. The summed E-state index contributed by atoms with van der Waals surface area (Å²) >= 11 is 0. The Labute approximate surface area is 131 Å². The molecule has 0 amide bonds. The van der Waals surface area contributed by atoms with Gasteiger partial charge in [-0.2, -0.15) is 0 Å². The average molecular weight is 308 g/mol. The van der Waals surface area contributed by atoms with Crippen molar-refractivity contribution in [3.8, 4) is 5.75 Å². The number of aliphatic hydroxyl groups excluding tert-OH is 1. The van der Waals surface area contributed by atoms with Crippen LogP contribution in [0.5, 0.6) is 5.75 Å². The van der Waals surface area contributed by atoms with E-state index >= 15 is 0 Å². The summed E-state index contributed by atoms with van der Waals surface area (Å²) in [5, 5.41) is 13.7. The number of ether oxygens (including phenoxy) is 1. The maximum absolute atomic E-state index is 14.1. The maximum Gasteiger partial charge on any atom is 0.165 e. The van der Waals surface area contributed by atoms with Crippen molar-refractivity contribution in [3.05, 3.63) is 29.6 Å². The van der Waals surface area contributed by atoms with Crippen molar-refractivity contribution in [2.75, 3.05) is 26.7 Å². The molecule has 1 aliphatic carbocycles. The number of likely N-dealkylation sites (tertiary alicyclic amines) is 1. The van der Waals surface area contributed by atoms with E-state index < -0.39 is 6.10 Å². The quantitative estimate of drug-likeness (QED) is 0.809. The molecule has 1 heterocycles. The molecule has 5 heteroatoms. The highest BCUT2D eigenvalue weighted by atomic mass is 19.1. The Hall–Kier alpha value is -1.17. The third kappa shape index (κ3) is 3.77. The predicted octanol–water partition coefficient (Wildman–Crippen LogP) is 2.08. The molecule has 4 nitrogen and oxygen atoms in total. The zero-order valence-electron chi connectivity index (χ0n) is 13.1. The Morgan fingerprint density at radius 3 is 2.68 bits per heavy atom. The molecule has 0 aromatic heterocycles. The van der Waals surface area contributed by atoms with E-state index in [-0.39, 0.29) is 18.0 Å². The standard InChI is InChI=1S/C17H25FN2O2/c1-19-15(11-20-8-2-3-9-20)17(21)12-4-7-16(14(18)10-12)22-13-5-6-13/h4,7,10,13,15,17,19,21H,2-3,5-6,8-9,11H2,1H3. The van der Waals surface area contributed by atoms with E-state index in [1.165, 1.54) is 18.9 Å². The Bertz CT molecular complexity index is 501. The van der Waals surface area contributed by atoms with Gasteiger partial charge < -0.3 is 20.1 Å². The molecule has 0 radical (unpaired) electrons. The first-order valence-electron chi connectivity index (χ1n) is 8.21. The first-order valence-corrected chi connectivity index (χ1v) is 8.21. The second-order valence-corrected chi connectivity index (χ2v) is 6.35. The molecule has 0 bridgehead atoms. The van der Waals surface area contributed by atoms with Gasteiger partial charge in [0.25, 0.3) is 0 Å². The number of halogens is 1. The second kappa shape index (κ2) is 6.94. The first kappa shape index (κ1) is 15.7. The lowest BCUT2D eigenvalue weighted by Gasteiger charge is -2.27. The summed E-state index contributed by atoms with van der Waals surface area (Å²) in [6.45, 7) is 2.93. The van der Waals surface area contributed by atoms with E-state index in [4.69, 9.17) is 4.74 Å². The van der Waals surface area contributed by atoms with Crippen LogP contribution >= 0.6 is 0 Å². The van der Waals surface area contributed by atoms with Crippen LogP contribution in [0.25, 0.3) is 0 Å². The molecular formula is C17H25FN2O2. The summed E-state index contributed by atoms with van der Waals surface area (Å²) < 4.78 is 19.6. The fraction of sp³-hybridized carbons (Fsp3) is 0.647. The van der Waals surface area contributed by atoms with Crippen molar-refractivity contribution >= 4 is 0 Å². The van der Waals surface area contributed by atoms with Crippen LogP contribution in [0.2, 0.25) is 0 Å². The van der Waals surface area contributed by atoms with Gasteiger partial charge in [-0.25, -0.2) is 4.39 Å². The molecule has 1 aliphatic heterocycles. The number of aliphatic hydroxyl groups is 1. The summed E-state index contributed by atoms with van der Waals surface area (Å²) in [5.74, 6) is -0.0986. The van der Waals surface area contributed by atoms with Crippen LogP contribution in [-0.2, 0) is 0 Å². The minimum absolute atomic E-state index is 0.104. The third-order valence-electron chi connectivity index (χ3n) is 4.52. The summed E-state index contributed by atoms with van der Waals surface area (Å²) in [4.78, 5) is 2.34. The van der Waals surface area contributed by atoms with Gasteiger partial charge in [-0.3, -0.25) is 0 Å². The van der Waals surface area contributed by atoms with E-state index in [0.29, 0.717) is 11.3 Å². The average Bonchev–Trinajstić information content (AvgIpc) is 3.19. The zero-order chi connectivity index (χ0) is 15.5. The van der Waals surface area contributed by atoms with Crippen molar-refractivity contribution in [3.63, 3.8) is 0 Å². The van der Waals surface area contributed by atoms with Crippen molar-refractivity contribution in [1.29, 1.82) is 0 Å². The van der Waals surface area contributed by atoms with Crippen LogP contribution in [-0.4, -0.2) is 48.8 Å². The number of hydrogen-bond acceptors (Lipinski definition) is 4. The minimum atomic E-state index is -0.727. The number of benzene rings is 1. The van der Waals surface area contributed by atoms with Crippen LogP contribution in [0.1, 0.15) is 37.4 Å². The van der Waals surface area contributed by atoms with Crippen LogP contribution in [0.3, 0.4) is 0 Å². The number of likely N-dealkylation sites (N-methyl/N-ethyl adjacent to an activating group) is 1. The fourth-order valence-corrected chi connectivity index (χ4v) is 2.99. The third-order valence-corrected chi connectivity index (χ3v) is 4.52. The predicted molar refractivity (Wildman–Crippen MR) is 83.5 cm³/mol. The van der Waals surface area contributed by atoms with E-state index in [0.717, 1.165) is 32.5 Å². The molecule has 2 atom stereocenters. The number of hydrogen-bond donors (Lipinski definition) is 2. The van der Waals surface area contributed by atoms with Crippen LogP contribution < -0.4 is 10.1 Å². The van der Waals surface area contributed by atoms with Gasteiger partial charge in [0.2, 0.25) is 0 Å². The zero-order valence-corrected chi connectivity index (χ0v) is 13.1. The van der Waals surface area contributed by atoms with Gasteiger partial charge in [-0.05, 0) is 63.5 Å². The minimum Gasteiger partial charge on any atom is -0.487 e. The summed E-state index contributed by atoms with van der Waals surface area (Å²) in [7, 11) is 1.84. The molecule has 1 aromatic carbocycles. The lowest BCUT2D eigenvalue weighted by atomic mass is 10.0. The number of rotatable bonds is 7. The van der Waals surface area contributed by atoms with Crippen molar-refractivity contribution < 1.29 is 14.2 Å². The highest BCUT2D eigenvalue weighted by Gasteiger charge is 2.27. The van der Waals surface area contributed by atoms with Gasteiger partial charge in [-0.1, -0.05) is 6.07 Å². The van der Waals surface area contributed by atoms with Crippen LogP contribution in [0.15, 0.2) is 18.2 Å². The smallest absolute Gasteiger partial charge is 0.165 e. The van der Waals surface area contributed by atoms with Crippen LogP contribution in [0, 0.1) is 5.82 Å². The van der Waals surface area contributed by atoms with Gasteiger partial charge in [-0.15, -0.1) is 0 Å². The molecule has 2 N–H and O–H groups in total. The lowest BCUT2D eigenvalue weighted by Crippen LogP contribution is -2.42. The summed E-state index contributed by atoms with van der Waals surface area (Å²) in [5.41, 5.74) is 0.596. The van der Waals surface area contributed by atoms with Gasteiger partial charge in [0.1, 0.15) is 0 Å². The summed E-state index contributed by atoms with van der Waals surface area (Å²) in [6.07, 6.45) is 3.88. The monoisotopic (exact) mass is 308 g/mol. The van der Waals surface area contributed by atoms with Gasteiger partial charge >= 0.3 is 0 Å². The van der Waals surface area contributed by atoms with E-state index in [1.54, 1.807) is 12.1 Å². The van der Waals surface area contributed by atoms with Crippen LogP contribution in [0.4, 0.5) is 4.39 Å². The number of nitrogens with zero attached hydrogens (tertiary/aromatic N) is 1. The fourth-order valence-electron chi connectivity index (χ4n) is 2.99. The molecule has 1 saturated heterocycles. The largest absolute Gasteiger partial charge is 0.487 e. The topological polar surface area (TPSA) is 44.7 Å². The first-order chi connectivity index (χ1) is 10.7. The molecule has 22 heavy (non-hydrogen) atoms. The molecule has 1 aromatic rings. The Kier molecular flexibility index (Phi) is 4.96. The molecule has 1 saturated carbocycles. The SMILES string of the molecule is CNC(CN1CCCC1)C(O)c1ccc(OC2CC2)c(F)c1. The molecule has 3 rings (SSSR count). The molecule has 2 fully saturated rings. The number of nitrogens with one attached hydrogen (secondary N) is 1. The maximum atomic E-state index is 14.1. The van der Waals surface area contributed by atoms with Gasteiger partial charge in [0.15, 0.2) is 11.6 Å². The molecule has 122 valence electrons. The highest BCUT2D eigenvalue weighted by Crippen LogP contribution is 2.30. The van der Waals surface area contributed by atoms with Crippen molar-refractivity contribution in [2.45, 2.75) is 43.9 Å². The van der Waals surface area contributed by atoms with E-state index in [2.05, 4.69) is 10.2 Å². The van der Waals surface area contributed by atoms with Crippen molar-refractivity contribution in [1.82, 2.24) is 10.2 Å². The Morgan fingerprint density at radius 2 is 2.09 bits per heavy atom. The van der Waals surface area contributed by atoms with Crippen molar-refractivity contribution in [2.24, 2.45) is 0 Å². The summed E-state index contributed by atoms with van der Waals surface area (Å²) in [6, 6.07) is 4.69. The Morgan fingerprint density at radius 1 is 1.36 bits per heavy atom. The molecule has 0 spiro atoms. The molecule has 2 aliphatic rings. The van der Waals surface area contributed by atoms with Gasteiger partial charge in [0.05, 0.1) is 12.2 Å². The lowest BCUT2D eigenvalue weighted by molar-refractivity contribution is 0.110. The van der Waals surface area contributed by atoms with Gasteiger partial charge in [0, 0.05) is 12.6 Å². The molecule has 2 unspecified atom stereocenters.